The Bertz CT molecular complexity index is 1740. The van der Waals surface area contributed by atoms with E-state index in [9.17, 15) is 47.9 Å². The van der Waals surface area contributed by atoms with Crippen LogP contribution in [0.1, 0.15) is 69.2 Å². The molecular formula is C38H51BrO25. The van der Waals surface area contributed by atoms with Crippen molar-refractivity contribution in [3.05, 3.63) is 0 Å². The molecule has 0 aromatic carbocycles. The summed E-state index contributed by atoms with van der Waals surface area (Å²) in [7, 11) is 0. The lowest BCUT2D eigenvalue weighted by Gasteiger charge is -2.49. The second-order valence-electron chi connectivity index (χ2n) is 14.2. The van der Waals surface area contributed by atoms with E-state index in [1.165, 1.54) is 0 Å². The Kier molecular flexibility index (Phi) is 20.3. The third kappa shape index (κ3) is 15.9. The summed E-state index contributed by atoms with van der Waals surface area (Å²) in [4.78, 5) is 123. The van der Waals surface area contributed by atoms with Crippen molar-refractivity contribution in [2.75, 3.05) is 19.8 Å². The van der Waals surface area contributed by atoms with Crippen LogP contribution in [0.5, 0.6) is 0 Å². The molecule has 26 heteroatoms. The molecule has 25 nitrogen and oxygen atoms in total. The van der Waals surface area contributed by atoms with Crippen molar-refractivity contribution in [3.8, 4) is 0 Å². The van der Waals surface area contributed by atoms with Gasteiger partial charge in [0.05, 0.1) is 6.61 Å². The van der Waals surface area contributed by atoms with E-state index in [0.29, 0.717) is 0 Å². The standard InChI is InChI=1S/C38H51BrO25/c1-14(40)50-11-25-28(54-17(4)43)31(56-19(6)45)35(60-23(10)49)38(63-25)64-29-26(12-51-15(2)41)62-37(34(59-22(9)48)32(29)57-20(7)46)52-13-24-27(53-16(3)42)30(55-18(5)44)33(36(39)61-24)58-21(8)47/h24-38H,11-13H2,1-10H3/t24-,25-,26-,27-,28-,29-,30+,31+,32+,33-,34-,35-,36+,37-,38+/m1/s1. The molecule has 0 amide bonds. The maximum atomic E-state index is 12.8. The zero-order valence-corrected chi connectivity index (χ0v) is 38.0. The van der Waals surface area contributed by atoms with Crippen molar-refractivity contribution in [2.45, 2.75) is 160 Å². The number of carbonyl (C=O) groups excluding carboxylic acids is 10. The fourth-order valence-corrected chi connectivity index (χ4v) is 7.46. The van der Waals surface area contributed by atoms with Crippen molar-refractivity contribution in [1.29, 1.82) is 0 Å². The molecule has 0 aromatic rings. The minimum atomic E-state index is -1.93. The second-order valence-corrected chi connectivity index (χ2v) is 15.1. The molecule has 64 heavy (non-hydrogen) atoms. The highest BCUT2D eigenvalue weighted by Gasteiger charge is 2.58. The molecule has 3 rings (SSSR count). The minimum Gasteiger partial charge on any atom is -0.463 e. The van der Waals surface area contributed by atoms with Crippen molar-refractivity contribution < 1.29 is 119 Å². The number of halogens is 1. The molecule has 360 valence electrons. The molecule has 3 aliphatic heterocycles. The minimum absolute atomic E-state index is 0.651. The first kappa shape index (κ1) is 53.3. The highest BCUT2D eigenvalue weighted by atomic mass is 79.9. The Morgan fingerprint density at radius 1 is 0.344 bits per heavy atom. The van der Waals surface area contributed by atoms with Gasteiger partial charge in [-0.25, -0.2) is 0 Å². The monoisotopic (exact) mass is 986 g/mol. The molecule has 3 fully saturated rings. The van der Waals surface area contributed by atoms with Crippen LogP contribution in [-0.4, -0.2) is 170 Å². The quantitative estimate of drug-likeness (QED) is 0.101. The van der Waals surface area contributed by atoms with Crippen LogP contribution in [0, 0.1) is 0 Å². The highest BCUT2D eigenvalue weighted by molar-refractivity contribution is 9.09. The predicted molar refractivity (Wildman–Crippen MR) is 203 cm³/mol. The Balaban J connectivity index is 2.16. The SMILES string of the molecule is CC(=O)OC[C@H]1O[C@@H](O[C@H]2[C@H](OC(C)=O)[C@@H](OC(C)=O)[C@H](OC[C@H]3O[C@H](Br)[C@H](OC(C)=O)[C@@H](OC(C)=O)[C@@H]3OC(C)=O)O[C@@H]2COC(C)=O)[C@H](OC(C)=O)[C@@H](OC(C)=O)[C@@H]1OC(C)=O. The van der Waals surface area contributed by atoms with Crippen LogP contribution in [0.4, 0.5) is 0 Å². The van der Waals surface area contributed by atoms with Gasteiger partial charge in [0, 0.05) is 69.2 Å². The van der Waals surface area contributed by atoms with Crippen LogP contribution in [0.25, 0.3) is 0 Å². The number of ether oxygens (including phenoxy) is 15. The normalized spacial score (nSPS) is 32.3. The molecule has 3 saturated heterocycles. The molecular weight excluding hydrogens is 936 g/mol. The summed E-state index contributed by atoms with van der Waals surface area (Å²) in [5, 5.41) is -1.21. The van der Waals surface area contributed by atoms with Crippen LogP contribution < -0.4 is 0 Å². The highest BCUT2D eigenvalue weighted by Crippen LogP contribution is 2.37. The van der Waals surface area contributed by atoms with Gasteiger partial charge in [0.15, 0.2) is 66.4 Å². The molecule has 0 bridgehead atoms. The molecule has 0 N–H and O–H groups in total. The fraction of sp³-hybridized carbons (Fsp3) is 0.737. The number of hydrogen-bond acceptors (Lipinski definition) is 25. The first-order valence-electron chi connectivity index (χ1n) is 19.4. The molecule has 15 atom stereocenters. The maximum Gasteiger partial charge on any atom is 0.303 e. The Morgan fingerprint density at radius 2 is 0.641 bits per heavy atom. The lowest BCUT2D eigenvalue weighted by atomic mass is 9.95. The van der Waals surface area contributed by atoms with Gasteiger partial charge in [0.1, 0.15) is 37.6 Å². The molecule has 0 unspecified atom stereocenters. The summed E-state index contributed by atoms with van der Waals surface area (Å²) in [6.07, 6.45) is -23.1. The lowest BCUT2D eigenvalue weighted by Crippen LogP contribution is -2.67. The summed E-state index contributed by atoms with van der Waals surface area (Å²) >= 11 is 3.24. The van der Waals surface area contributed by atoms with Gasteiger partial charge in [-0.1, -0.05) is 15.9 Å². The van der Waals surface area contributed by atoms with E-state index in [4.69, 9.17) is 71.1 Å². The van der Waals surface area contributed by atoms with Crippen LogP contribution in [-0.2, 0) is 119 Å². The van der Waals surface area contributed by atoms with Crippen molar-refractivity contribution >= 4 is 75.6 Å². The van der Waals surface area contributed by atoms with Gasteiger partial charge < -0.3 is 71.1 Å². The number of rotatable bonds is 17. The third-order valence-electron chi connectivity index (χ3n) is 8.79. The summed E-state index contributed by atoms with van der Waals surface area (Å²) in [5.74, 6) is -9.05. The van der Waals surface area contributed by atoms with Gasteiger partial charge in [0.25, 0.3) is 0 Å². The van der Waals surface area contributed by atoms with E-state index >= 15 is 0 Å². The molecule has 0 radical (unpaired) electrons. The van der Waals surface area contributed by atoms with Crippen molar-refractivity contribution in [1.82, 2.24) is 0 Å². The van der Waals surface area contributed by atoms with E-state index in [2.05, 4.69) is 15.9 Å². The van der Waals surface area contributed by atoms with Crippen molar-refractivity contribution in [3.63, 3.8) is 0 Å². The topological polar surface area (TPSA) is 309 Å². The summed E-state index contributed by atoms with van der Waals surface area (Å²) in [6.45, 7) is 8.20. The fourth-order valence-electron chi connectivity index (χ4n) is 6.77. The van der Waals surface area contributed by atoms with Gasteiger partial charge in [-0.2, -0.15) is 0 Å². The summed E-state index contributed by atoms with van der Waals surface area (Å²) < 4.78 is 84.9. The molecule has 0 aliphatic carbocycles. The summed E-state index contributed by atoms with van der Waals surface area (Å²) in [6, 6.07) is 0. The maximum absolute atomic E-state index is 12.8. The molecule has 0 spiro atoms. The van der Waals surface area contributed by atoms with Gasteiger partial charge in [-0.05, 0) is 0 Å². The van der Waals surface area contributed by atoms with E-state index in [1.807, 2.05) is 0 Å². The molecule has 0 aromatic heterocycles. The number of esters is 10. The lowest BCUT2D eigenvalue weighted by molar-refractivity contribution is -0.363. The van der Waals surface area contributed by atoms with Gasteiger partial charge in [-0.15, -0.1) is 0 Å². The first-order chi connectivity index (χ1) is 29.9. The number of hydrogen-bond donors (Lipinski definition) is 0. The van der Waals surface area contributed by atoms with Gasteiger partial charge >= 0.3 is 59.7 Å². The molecule has 0 saturated carbocycles. The van der Waals surface area contributed by atoms with E-state index in [1.54, 1.807) is 0 Å². The van der Waals surface area contributed by atoms with Gasteiger partial charge in [0.2, 0.25) is 0 Å². The zero-order valence-electron chi connectivity index (χ0n) is 36.4. The Labute approximate surface area is 373 Å². The zero-order chi connectivity index (χ0) is 48.2. The van der Waals surface area contributed by atoms with Crippen molar-refractivity contribution in [2.24, 2.45) is 0 Å². The van der Waals surface area contributed by atoms with E-state index in [-0.39, 0.29) is 0 Å². The average molecular weight is 988 g/mol. The first-order valence-corrected chi connectivity index (χ1v) is 20.3. The molecule has 3 heterocycles. The summed E-state index contributed by atoms with van der Waals surface area (Å²) in [5.41, 5.74) is 0. The Morgan fingerprint density at radius 3 is 1.05 bits per heavy atom. The third-order valence-corrected chi connectivity index (χ3v) is 9.53. The Hall–Kier alpha value is -5.02. The number of alkyl halides is 1. The smallest absolute Gasteiger partial charge is 0.303 e. The average Bonchev–Trinajstić information content (AvgIpc) is 3.14. The van der Waals surface area contributed by atoms with Crippen LogP contribution in [0.2, 0.25) is 0 Å². The van der Waals surface area contributed by atoms with Crippen LogP contribution in [0.15, 0.2) is 0 Å². The second kappa shape index (κ2) is 24.3. The largest absolute Gasteiger partial charge is 0.463 e. The van der Waals surface area contributed by atoms with E-state index < -0.39 is 170 Å². The van der Waals surface area contributed by atoms with Crippen LogP contribution >= 0.6 is 15.9 Å². The van der Waals surface area contributed by atoms with Gasteiger partial charge in [-0.3, -0.25) is 47.9 Å². The predicted octanol–water partition coefficient (Wildman–Crippen LogP) is -0.462. The van der Waals surface area contributed by atoms with Crippen LogP contribution in [0.3, 0.4) is 0 Å². The number of carbonyl (C=O) groups is 10. The molecule has 3 aliphatic rings. The van der Waals surface area contributed by atoms with E-state index in [0.717, 1.165) is 69.2 Å².